The molecule has 0 radical (unpaired) electrons. The van der Waals surface area contributed by atoms with Gasteiger partial charge in [0.05, 0.1) is 29.8 Å². The van der Waals surface area contributed by atoms with Gasteiger partial charge in [-0.15, -0.1) is 0 Å². The molecule has 0 aliphatic carbocycles. The molecule has 0 N–H and O–H groups in total. The van der Waals surface area contributed by atoms with Gasteiger partial charge in [-0.3, -0.25) is 4.31 Å². The molecule has 1 heterocycles. The minimum absolute atomic E-state index is 0.00530. The smallest absolute Gasteiger partial charge is 0.417 e. The fraction of sp³-hybridized carbons (Fsp3) is 0.235. The maximum absolute atomic E-state index is 13.4. The van der Waals surface area contributed by atoms with Gasteiger partial charge in [-0.25, -0.2) is 13.2 Å². The Balaban J connectivity index is 2.18. The third-order valence-corrected chi connectivity index (χ3v) is 6.09. The van der Waals surface area contributed by atoms with Crippen molar-refractivity contribution in [2.45, 2.75) is 17.2 Å². The third kappa shape index (κ3) is 3.61. The lowest BCUT2D eigenvalue weighted by molar-refractivity contribution is -0.148. The summed E-state index contributed by atoms with van der Waals surface area (Å²) in [7, 11) is -3.62. The van der Waals surface area contributed by atoms with Gasteiger partial charge < -0.3 is 9.47 Å². The number of hydrogen-bond acceptors (Lipinski definition) is 5. The minimum Gasteiger partial charge on any atom is -0.475 e. The van der Waals surface area contributed by atoms with Crippen LogP contribution in [0.15, 0.2) is 47.4 Å². The number of nitrogens with zero attached hydrogens (tertiary/aromatic N) is 1. The van der Waals surface area contributed by atoms with Gasteiger partial charge in [-0.2, -0.15) is 13.2 Å². The highest BCUT2D eigenvalue weighted by Crippen LogP contribution is 2.41. The van der Waals surface area contributed by atoms with Crippen LogP contribution < -0.4 is 9.04 Å². The highest BCUT2D eigenvalue weighted by molar-refractivity contribution is 7.93. The Kier molecular flexibility index (Phi) is 5.20. The number of anilines is 1. The van der Waals surface area contributed by atoms with Crippen LogP contribution in [-0.4, -0.2) is 34.1 Å². The van der Waals surface area contributed by atoms with Crippen LogP contribution in [0.3, 0.4) is 0 Å². The van der Waals surface area contributed by atoms with Gasteiger partial charge in [0.15, 0.2) is 0 Å². The molecular weight excluding hydrogens is 423 g/mol. The molecule has 0 amide bonds. The summed E-state index contributed by atoms with van der Waals surface area (Å²) >= 11 is 5.63. The van der Waals surface area contributed by atoms with Crippen LogP contribution in [0.2, 0.25) is 5.02 Å². The maximum atomic E-state index is 13.4. The average molecular weight is 436 g/mol. The van der Waals surface area contributed by atoms with Crippen molar-refractivity contribution in [3.05, 3.63) is 53.1 Å². The molecule has 2 aromatic rings. The number of para-hydroxylation sites is 2. The number of alkyl halides is 3. The van der Waals surface area contributed by atoms with E-state index in [0.717, 1.165) is 19.2 Å². The molecule has 1 aliphatic heterocycles. The van der Waals surface area contributed by atoms with Crippen LogP contribution in [0.25, 0.3) is 0 Å². The first-order valence-electron chi connectivity index (χ1n) is 7.78. The highest BCUT2D eigenvalue weighted by atomic mass is 35.5. The Hall–Kier alpha value is -2.46. The van der Waals surface area contributed by atoms with E-state index in [1.807, 2.05) is 0 Å². The van der Waals surface area contributed by atoms with E-state index in [9.17, 15) is 26.4 Å². The summed E-state index contributed by atoms with van der Waals surface area (Å²) in [4.78, 5) is 10.9. The lowest BCUT2D eigenvalue weighted by atomic mass is 10.2. The molecule has 150 valence electrons. The maximum Gasteiger partial charge on any atom is 0.417 e. The summed E-state index contributed by atoms with van der Waals surface area (Å²) in [5, 5.41) is -0.263. The van der Waals surface area contributed by atoms with Crippen molar-refractivity contribution in [3.63, 3.8) is 0 Å². The van der Waals surface area contributed by atoms with Gasteiger partial charge in [-0.1, -0.05) is 23.7 Å². The van der Waals surface area contributed by atoms with E-state index in [1.165, 1.54) is 24.3 Å². The van der Waals surface area contributed by atoms with Gasteiger partial charge >= 0.3 is 12.1 Å². The number of ether oxygens (including phenoxy) is 2. The number of halogens is 4. The number of rotatable bonds is 3. The quantitative estimate of drug-likeness (QED) is 0.690. The third-order valence-electron chi connectivity index (χ3n) is 4.01. The molecule has 28 heavy (non-hydrogen) atoms. The Morgan fingerprint density at radius 3 is 2.57 bits per heavy atom. The molecule has 0 saturated carbocycles. The molecule has 1 atom stereocenters. The number of sulfonamides is 1. The topological polar surface area (TPSA) is 72.9 Å². The van der Waals surface area contributed by atoms with Crippen LogP contribution in [0.4, 0.5) is 18.9 Å². The molecule has 0 unspecified atom stereocenters. The van der Waals surface area contributed by atoms with E-state index in [1.54, 1.807) is 0 Å². The van der Waals surface area contributed by atoms with E-state index in [0.29, 0.717) is 10.4 Å². The SMILES string of the molecule is COC(=O)[C@@H]1CN(S(=O)(=O)c2ccc(Cl)cc2C(F)(F)F)c2ccccc2O1. The van der Waals surface area contributed by atoms with Crippen LogP contribution in [-0.2, 0) is 25.7 Å². The van der Waals surface area contributed by atoms with Crippen molar-refractivity contribution in [2.24, 2.45) is 0 Å². The Bertz CT molecular complexity index is 1030. The predicted molar refractivity (Wildman–Crippen MR) is 93.9 cm³/mol. The molecule has 0 spiro atoms. The van der Waals surface area contributed by atoms with Crippen LogP contribution in [0.1, 0.15) is 5.56 Å². The standard InChI is InChI=1S/C17H13ClF3NO5S/c1-26-16(23)14-9-22(12-4-2-3-5-13(12)27-14)28(24,25)15-7-6-10(18)8-11(15)17(19,20)21/h2-8,14H,9H2,1H3/t14-/m0/s1. The van der Waals surface area contributed by atoms with E-state index in [2.05, 4.69) is 4.74 Å². The number of carbonyl (C=O) groups is 1. The number of hydrogen-bond donors (Lipinski definition) is 0. The second-order valence-corrected chi connectivity index (χ2v) is 8.04. The number of carbonyl (C=O) groups excluding carboxylic acids is 1. The van der Waals surface area contributed by atoms with Crippen LogP contribution in [0.5, 0.6) is 5.75 Å². The summed E-state index contributed by atoms with van der Waals surface area (Å²) in [5.41, 5.74) is -1.40. The molecule has 6 nitrogen and oxygen atoms in total. The largest absolute Gasteiger partial charge is 0.475 e. The normalized spacial score (nSPS) is 16.9. The zero-order valence-electron chi connectivity index (χ0n) is 14.2. The number of esters is 1. The van der Waals surface area contributed by atoms with Gasteiger partial charge in [0.25, 0.3) is 10.0 Å². The number of fused-ring (bicyclic) bond motifs is 1. The highest BCUT2D eigenvalue weighted by Gasteiger charge is 2.43. The first-order valence-corrected chi connectivity index (χ1v) is 9.60. The predicted octanol–water partition coefficient (Wildman–Crippen LogP) is 3.49. The lowest BCUT2D eigenvalue weighted by Crippen LogP contribution is -2.47. The Morgan fingerprint density at radius 1 is 1.25 bits per heavy atom. The molecule has 0 aromatic heterocycles. The van der Waals surface area contributed by atoms with Crippen LogP contribution >= 0.6 is 11.6 Å². The summed E-state index contributed by atoms with van der Waals surface area (Å²) in [6.45, 7) is -0.550. The van der Waals surface area contributed by atoms with Crippen LogP contribution in [0, 0.1) is 0 Å². The Labute approximate surface area is 163 Å². The first kappa shape index (κ1) is 20.3. The lowest BCUT2D eigenvalue weighted by Gasteiger charge is -2.34. The monoisotopic (exact) mass is 435 g/mol. The van der Waals surface area contributed by atoms with E-state index >= 15 is 0 Å². The molecule has 1 aliphatic rings. The molecular formula is C17H13ClF3NO5S. The minimum atomic E-state index is -4.96. The van der Waals surface area contributed by atoms with Gasteiger partial charge in [0.1, 0.15) is 5.75 Å². The second kappa shape index (κ2) is 7.17. The van der Waals surface area contributed by atoms with E-state index < -0.39 is 45.3 Å². The molecule has 0 fully saturated rings. The summed E-state index contributed by atoms with van der Waals surface area (Å²) in [6, 6.07) is 8.17. The van der Waals surface area contributed by atoms with Crippen molar-refractivity contribution >= 4 is 33.3 Å². The molecule has 3 rings (SSSR count). The van der Waals surface area contributed by atoms with Crippen molar-refractivity contribution in [2.75, 3.05) is 18.0 Å². The summed E-state index contributed by atoms with van der Waals surface area (Å²) in [5.74, 6) is -0.836. The van der Waals surface area contributed by atoms with Crippen molar-refractivity contribution in [1.82, 2.24) is 0 Å². The molecule has 0 bridgehead atoms. The van der Waals surface area contributed by atoms with Crippen molar-refractivity contribution in [3.8, 4) is 5.75 Å². The number of benzene rings is 2. The zero-order chi connectivity index (χ0) is 20.7. The van der Waals surface area contributed by atoms with Gasteiger partial charge in [0.2, 0.25) is 6.10 Å². The number of methoxy groups -OCH3 is 1. The fourth-order valence-corrected chi connectivity index (χ4v) is 4.59. The Morgan fingerprint density at radius 2 is 1.93 bits per heavy atom. The second-order valence-electron chi connectivity index (χ2n) is 5.77. The fourth-order valence-electron chi connectivity index (χ4n) is 2.75. The van der Waals surface area contributed by atoms with E-state index in [4.69, 9.17) is 16.3 Å². The van der Waals surface area contributed by atoms with E-state index in [-0.39, 0.29) is 16.5 Å². The molecule has 11 heteroatoms. The van der Waals surface area contributed by atoms with Gasteiger partial charge in [-0.05, 0) is 30.3 Å². The molecule has 2 aromatic carbocycles. The first-order chi connectivity index (χ1) is 13.1. The zero-order valence-corrected chi connectivity index (χ0v) is 15.8. The van der Waals surface area contributed by atoms with Crippen molar-refractivity contribution < 1.29 is 35.9 Å². The van der Waals surface area contributed by atoms with Gasteiger partial charge in [0, 0.05) is 5.02 Å². The summed E-state index contributed by atoms with van der Waals surface area (Å²) in [6.07, 6.45) is -6.29. The van der Waals surface area contributed by atoms with Crippen molar-refractivity contribution in [1.29, 1.82) is 0 Å². The summed E-state index contributed by atoms with van der Waals surface area (Å²) < 4.78 is 77.4. The molecule has 0 saturated heterocycles. The average Bonchev–Trinajstić information content (AvgIpc) is 2.65.